The molecule has 0 bridgehead atoms. The van der Waals surface area contributed by atoms with E-state index in [0.717, 1.165) is 11.3 Å². The van der Waals surface area contributed by atoms with Crippen molar-refractivity contribution in [3.8, 4) is 6.07 Å². The van der Waals surface area contributed by atoms with E-state index in [-0.39, 0.29) is 17.9 Å². The van der Waals surface area contributed by atoms with Crippen LogP contribution in [0.3, 0.4) is 0 Å². The van der Waals surface area contributed by atoms with Crippen molar-refractivity contribution in [2.24, 2.45) is 13.0 Å². The number of nitrogens with one attached hydrogen (secondary N) is 1. The fourth-order valence-corrected chi connectivity index (χ4v) is 2.09. The van der Waals surface area contributed by atoms with Crippen LogP contribution in [0.2, 0.25) is 0 Å². The summed E-state index contributed by atoms with van der Waals surface area (Å²) in [6.07, 6.45) is 0. The molecule has 5 nitrogen and oxygen atoms in total. The quantitative estimate of drug-likeness (QED) is 0.806. The van der Waals surface area contributed by atoms with Gasteiger partial charge in [0.15, 0.2) is 0 Å². The highest BCUT2D eigenvalue weighted by atomic mass is 16.5. The molecule has 1 rings (SSSR count). The van der Waals surface area contributed by atoms with Crippen molar-refractivity contribution in [3.05, 3.63) is 23.0 Å². The van der Waals surface area contributed by atoms with Crippen LogP contribution in [0.5, 0.6) is 0 Å². The van der Waals surface area contributed by atoms with E-state index in [0.29, 0.717) is 18.8 Å². The first-order chi connectivity index (χ1) is 9.42. The number of carbonyl (C=O) groups is 1. The van der Waals surface area contributed by atoms with Gasteiger partial charge in [-0.1, -0.05) is 13.8 Å². The van der Waals surface area contributed by atoms with E-state index in [1.54, 1.807) is 6.92 Å². The maximum Gasteiger partial charge on any atom is 0.323 e. The predicted molar refractivity (Wildman–Crippen MR) is 77.0 cm³/mol. The Morgan fingerprint density at radius 3 is 2.65 bits per heavy atom. The zero-order chi connectivity index (χ0) is 15.3. The van der Waals surface area contributed by atoms with Crippen molar-refractivity contribution in [2.45, 2.75) is 40.3 Å². The van der Waals surface area contributed by atoms with Gasteiger partial charge in [-0.05, 0) is 31.4 Å². The Balaban J connectivity index is 2.78. The van der Waals surface area contributed by atoms with Gasteiger partial charge < -0.3 is 14.6 Å². The summed E-state index contributed by atoms with van der Waals surface area (Å²) in [5.74, 6) is -0.0786. The molecule has 1 N–H and O–H groups in total. The Bertz CT molecular complexity index is 512. The Kier molecular flexibility index (Phi) is 5.78. The third kappa shape index (κ3) is 3.61. The van der Waals surface area contributed by atoms with E-state index in [1.165, 1.54) is 0 Å². The minimum Gasteiger partial charge on any atom is -0.465 e. The summed E-state index contributed by atoms with van der Waals surface area (Å²) in [6, 6.07) is 3.67. The van der Waals surface area contributed by atoms with Crippen molar-refractivity contribution in [1.82, 2.24) is 9.88 Å². The number of hydrogen-bond donors (Lipinski definition) is 1. The molecule has 0 amide bonds. The monoisotopic (exact) mass is 277 g/mol. The molecule has 0 aliphatic heterocycles. The maximum absolute atomic E-state index is 11.9. The van der Waals surface area contributed by atoms with E-state index >= 15 is 0 Å². The van der Waals surface area contributed by atoms with Crippen LogP contribution in [-0.4, -0.2) is 23.2 Å². The molecular formula is C15H23N3O2. The van der Waals surface area contributed by atoms with Gasteiger partial charge in [-0.3, -0.25) is 4.79 Å². The van der Waals surface area contributed by atoms with Crippen molar-refractivity contribution in [3.63, 3.8) is 0 Å². The van der Waals surface area contributed by atoms with Crippen molar-refractivity contribution in [1.29, 1.82) is 5.26 Å². The molecule has 0 saturated carbocycles. The van der Waals surface area contributed by atoms with Crippen LogP contribution in [0.25, 0.3) is 0 Å². The molecule has 1 aromatic rings. The first-order valence-electron chi connectivity index (χ1n) is 6.87. The second-order valence-electron chi connectivity index (χ2n) is 5.17. The molecule has 0 radical (unpaired) electrons. The van der Waals surface area contributed by atoms with E-state index in [2.05, 4.69) is 11.4 Å². The molecule has 0 aromatic carbocycles. The largest absolute Gasteiger partial charge is 0.465 e. The Labute approximate surface area is 120 Å². The Morgan fingerprint density at radius 2 is 2.20 bits per heavy atom. The molecule has 1 aromatic heterocycles. The molecule has 20 heavy (non-hydrogen) atoms. The zero-order valence-corrected chi connectivity index (χ0v) is 12.9. The Morgan fingerprint density at radius 1 is 1.55 bits per heavy atom. The van der Waals surface area contributed by atoms with Crippen molar-refractivity contribution in [2.75, 3.05) is 6.61 Å². The van der Waals surface area contributed by atoms with E-state index in [9.17, 15) is 4.79 Å². The van der Waals surface area contributed by atoms with Crippen LogP contribution in [0.15, 0.2) is 6.07 Å². The molecule has 0 aliphatic carbocycles. The lowest BCUT2D eigenvalue weighted by Crippen LogP contribution is -2.41. The third-order valence-corrected chi connectivity index (χ3v) is 3.47. The van der Waals surface area contributed by atoms with Gasteiger partial charge in [0.2, 0.25) is 0 Å². The lowest BCUT2D eigenvalue weighted by Gasteiger charge is -2.20. The summed E-state index contributed by atoms with van der Waals surface area (Å²) in [6.45, 7) is 8.65. The topological polar surface area (TPSA) is 67.0 Å². The number of hydrogen-bond acceptors (Lipinski definition) is 4. The van der Waals surface area contributed by atoms with Gasteiger partial charge in [0.05, 0.1) is 6.61 Å². The highest BCUT2D eigenvalue weighted by Gasteiger charge is 2.23. The van der Waals surface area contributed by atoms with Crippen molar-refractivity contribution < 1.29 is 9.53 Å². The van der Waals surface area contributed by atoms with Gasteiger partial charge >= 0.3 is 5.97 Å². The molecule has 5 heteroatoms. The molecule has 0 fully saturated rings. The van der Waals surface area contributed by atoms with E-state index < -0.39 is 0 Å². The van der Waals surface area contributed by atoms with Gasteiger partial charge in [0.1, 0.15) is 17.8 Å². The first kappa shape index (κ1) is 16.3. The van der Waals surface area contributed by atoms with Crippen molar-refractivity contribution >= 4 is 5.97 Å². The lowest BCUT2D eigenvalue weighted by molar-refractivity contribution is -0.146. The predicted octanol–water partition coefficient (Wildman–Crippen LogP) is 1.88. The maximum atomic E-state index is 11.9. The fraction of sp³-hybridized carbons (Fsp3) is 0.600. The normalized spacial score (nSPS) is 12.2. The standard InChI is InChI=1S/C15H23N3O2/c1-6-20-15(19)14(10(2)3)17-9-12-7-13(8-16)18(5)11(12)4/h7,10,14,17H,6,9H2,1-5H3/t14-/m0/s1. The summed E-state index contributed by atoms with van der Waals surface area (Å²) >= 11 is 0. The highest BCUT2D eigenvalue weighted by molar-refractivity contribution is 5.76. The lowest BCUT2D eigenvalue weighted by atomic mass is 10.0. The van der Waals surface area contributed by atoms with E-state index in [4.69, 9.17) is 10.00 Å². The second kappa shape index (κ2) is 7.11. The zero-order valence-electron chi connectivity index (χ0n) is 12.9. The van der Waals surface area contributed by atoms with Crippen LogP contribution in [0.1, 0.15) is 37.7 Å². The van der Waals surface area contributed by atoms with Gasteiger partial charge in [0.25, 0.3) is 0 Å². The van der Waals surface area contributed by atoms with Crippen LogP contribution in [-0.2, 0) is 23.1 Å². The average Bonchev–Trinajstić information content (AvgIpc) is 2.66. The van der Waals surface area contributed by atoms with Crippen LogP contribution in [0, 0.1) is 24.2 Å². The van der Waals surface area contributed by atoms with Gasteiger partial charge in [-0.25, -0.2) is 0 Å². The summed E-state index contributed by atoms with van der Waals surface area (Å²) in [7, 11) is 1.86. The Hall–Kier alpha value is -1.80. The smallest absolute Gasteiger partial charge is 0.323 e. The summed E-state index contributed by atoms with van der Waals surface area (Å²) in [5, 5.41) is 12.2. The molecule has 1 heterocycles. The van der Waals surface area contributed by atoms with Gasteiger partial charge in [-0.15, -0.1) is 0 Å². The van der Waals surface area contributed by atoms with Crippen LogP contribution in [0.4, 0.5) is 0 Å². The SMILES string of the molecule is CCOC(=O)[C@@H](NCc1cc(C#N)n(C)c1C)C(C)C. The van der Waals surface area contributed by atoms with Crippen LogP contribution >= 0.6 is 0 Å². The fourth-order valence-electron chi connectivity index (χ4n) is 2.09. The number of esters is 1. The summed E-state index contributed by atoms with van der Waals surface area (Å²) in [5.41, 5.74) is 2.68. The molecular weight excluding hydrogens is 254 g/mol. The molecule has 0 unspecified atom stereocenters. The molecule has 0 saturated heterocycles. The number of carbonyl (C=O) groups excluding carboxylic acids is 1. The number of nitrogens with zero attached hydrogens (tertiary/aromatic N) is 2. The average molecular weight is 277 g/mol. The minimum atomic E-state index is -0.333. The number of ether oxygens (including phenoxy) is 1. The van der Waals surface area contributed by atoms with Gasteiger partial charge in [0, 0.05) is 19.3 Å². The number of rotatable bonds is 6. The summed E-state index contributed by atoms with van der Waals surface area (Å²) < 4.78 is 6.93. The number of aromatic nitrogens is 1. The van der Waals surface area contributed by atoms with E-state index in [1.807, 2.05) is 38.5 Å². The number of nitriles is 1. The molecule has 1 atom stereocenters. The summed E-state index contributed by atoms with van der Waals surface area (Å²) in [4.78, 5) is 11.9. The second-order valence-corrected chi connectivity index (χ2v) is 5.17. The minimum absolute atomic E-state index is 0.147. The highest BCUT2D eigenvalue weighted by Crippen LogP contribution is 2.14. The first-order valence-corrected chi connectivity index (χ1v) is 6.87. The van der Waals surface area contributed by atoms with Crippen LogP contribution < -0.4 is 5.32 Å². The molecule has 0 aliphatic rings. The molecule has 110 valence electrons. The van der Waals surface area contributed by atoms with Gasteiger partial charge in [-0.2, -0.15) is 5.26 Å². The molecule has 0 spiro atoms. The third-order valence-electron chi connectivity index (χ3n) is 3.47.